The Labute approximate surface area is 121 Å². The van der Waals surface area contributed by atoms with E-state index >= 15 is 0 Å². The maximum Gasteiger partial charge on any atom is 0.364 e. The summed E-state index contributed by atoms with van der Waals surface area (Å²) in [5.74, 6) is 0.442. The first-order valence-corrected chi connectivity index (χ1v) is 6.33. The lowest BCUT2D eigenvalue weighted by molar-refractivity contribution is -0.130. The van der Waals surface area contributed by atoms with Gasteiger partial charge in [-0.3, -0.25) is 4.98 Å². The van der Waals surface area contributed by atoms with Gasteiger partial charge in [0.2, 0.25) is 5.88 Å². The molecule has 0 aliphatic carbocycles. The Hall–Kier alpha value is -2.95. The molecule has 0 atom stereocenters. The normalized spacial score (nSPS) is 15.8. The number of benzene rings is 1. The van der Waals surface area contributed by atoms with E-state index in [4.69, 9.17) is 9.47 Å². The Morgan fingerprint density at radius 3 is 2.90 bits per heavy atom. The monoisotopic (exact) mass is 280 g/mol. The van der Waals surface area contributed by atoms with Crippen LogP contribution in [0.5, 0.6) is 5.75 Å². The van der Waals surface area contributed by atoms with Crippen molar-refractivity contribution in [2.75, 3.05) is 7.11 Å². The number of nitrogens with zero attached hydrogens (tertiary/aromatic N) is 2. The summed E-state index contributed by atoms with van der Waals surface area (Å²) in [6, 6.07) is 10.8. The lowest BCUT2D eigenvalue weighted by atomic mass is 10.1. The number of rotatable bonds is 3. The third-order valence-electron chi connectivity index (χ3n) is 2.93. The zero-order chi connectivity index (χ0) is 14.7. The molecule has 0 unspecified atom stereocenters. The van der Waals surface area contributed by atoms with Gasteiger partial charge in [0.25, 0.3) is 0 Å². The molecule has 0 amide bonds. The zero-order valence-corrected chi connectivity index (χ0v) is 11.3. The van der Waals surface area contributed by atoms with E-state index in [0.29, 0.717) is 11.3 Å². The summed E-state index contributed by atoms with van der Waals surface area (Å²) in [5.41, 5.74) is 1.74. The van der Waals surface area contributed by atoms with Crippen LogP contribution < -0.4 is 4.74 Å². The minimum absolute atomic E-state index is 0.255. The first-order chi connectivity index (χ1) is 10.3. The topological polar surface area (TPSA) is 60.8 Å². The Morgan fingerprint density at radius 2 is 2.14 bits per heavy atom. The largest absolute Gasteiger partial charge is 0.497 e. The summed E-state index contributed by atoms with van der Waals surface area (Å²) in [6.07, 6.45) is 5.01. The van der Waals surface area contributed by atoms with E-state index in [9.17, 15) is 4.79 Å². The molecule has 0 bridgehead atoms. The minimum Gasteiger partial charge on any atom is -0.497 e. The highest BCUT2D eigenvalue weighted by atomic mass is 16.6. The highest BCUT2D eigenvalue weighted by Gasteiger charge is 2.25. The van der Waals surface area contributed by atoms with Gasteiger partial charge in [-0.1, -0.05) is 18.2 Å². The van der Waals surface area contributed by atoms with Crippen LogP contribution in [0.1, 0.15) is 11.1 Å². The molecular formula is C16H12N2O3. The van der Waals surface area contributed by atoms with Crippen LogP contribution >= 0.6 is 0 Å². The molecule has 0 saturated carbocycles. The lowest BCUT2D eigenvalue weighted by Crippen LogP contribution is -2.11. The first kappa shape index (κ1) is 13.1. The Kier molecular flexibility index (Phi) is 3.47. The van der Waals surface area contributed by atoms with Crippen molar-refractivity contribution in [3.05, 3.63) is 65.8 Å². The number of esters is 1. The first-order valence-electron chi connectivity index (χ1n) is 6.33. The average Bonchev–Trinajstić information content (AvgIpc) is 2.89. The van der Waals surface area contributed by atoms with Crippen LogP contribution in [0, 0.1) is 0 Å². The molecule has 0 spiro atoms. The molecule has 2 aromatic rings. The van der Waals surface area contributed by atoms with Crippen molar-refractivity contribution < 1.29 is 14.3 Å². The molecule has 104 valence electrons. The molecule has 1 aliphatic heterocycles. The molecule has 5 nitrogen and oxygen atoms in total. The smallest absolute Gasteiger partial charge is 0.364 e. The van der Waals surface area contributed by atoms with Gasteiger partial charge in [-0.15, -0.1) is 0 Å². The second-order valence-electron chi connectivity index (χ2n) is 4.35. The number of cyclic esters (lactones) is 1. The van der Waals surface area contributed by atoms with E-state index in [1.54, 1.807) is 55.9 Å². The molecule has 1 aliphatic rings. The van der Waals surface area contributed by atoms with Gasteiger partial charge in [-0.2, -0.15) is 0 Å². The third-order valence-corrected chi connectivity index (χ3v) is 2.93. The fraction of sp³-hybridized carbons (Fsp3) is 0.0625. The molecular weight excluding hydrogens is 268 g/mol. The van der Waals surface area contributed by atoms with Crippen molar-refractivity contribution in [2.45, 2.75) is 0 Å². The number of aromatic nitrogens is 1. The van der Waals surface area contributed by atoms with E-state index in [1.807, 2.05) is 6.07 Å². The number of pyridine rings is 1. The second kappa shape index (κ2) is 5.58. The van der Waals surface area contributed by atoms with Gasteiger partial charge in [-0.25, -0.2) is 9.79 Å². The van der Waals surface area contributed by atoms with Gasteiger partial charge < -0.3 is 9.47 Å². The van der Waals surface area contributed by atoms with Gasteiger partial charge in [0.05, 0.1) is 7.11 Å². The van der Waals surface area contributed by atoms with E-state index in [1.165, 1.54) is 0 Å². The average molecular weight is 280 g/mol. The summed E-state index contributed by atoms with van der Waals surface area (Å²) < 4.78 is 10.3. The number of ether oxygens (including phenoxy) is 2. The predicted molar refractivity (Wildman–Crippen MR) is 77.8 cm³/mol. The molecule has 2 heterocycles. The Morgan fingerprint density at radius 1 is 1.24 bits per heavy atom. The summed E-state index contributed by atoms with van der Waals surface area (Å²) in [6.45, 7) is 0. The van der Waals surface area contributed by atoms with Gasteiger partial charge in [0.15, 0.2) is 5.71 Å². The van der Waals surface area contributed by atoms with Crippen LogP contribution in [-0.2, 0) is 9.53 Å². The molecule has 0 saturated heterocycles. The van der Waals surface area contributed by atoms with E-state index in [2.05, 4.69) is 9.98 Å². The molecule has 0 fully saturated rings. The van der Waals surface area contributed by atoms with Crippen molar-refractivity contribution in [1.82, 2.24) is 4.98 Å². The van der Waals surface area contributed by atoms with Gasteiger partial charge in [-0.05, 0) is 23.8 Å². The summed E-state index contributed by atoms with van der Waals surface area (Å²) in [7, 11) is 1.57. The zero-order valence-electron chi connectivity index (χ0n) is 11.3. The minimum atomic E-state index is -0.474. The quantitative estimate of drug-likeness (QED) is 0.810. The second-order valence-corrected chi connectivity index (χ2v) is 4.35. The molecule has 5 heteroatoms. The highest BCUT2D eigenvalue weighted by Crippen LogP contribution is 2.21. The molecule has 1 aromatic carbocycles. The van der Waals surface area contributed by atoms with E-state index in [0.717, 1.165) is 5.56 Å². The van der Waals surface area contributed by atoms with Crippen LogP contribution in [0.25, 0.3) is 6.08 Å². The maximum atomic E-state index is 11.9. The fourth-order valence-corrected chi connectivity index (χ4v) is 1.94. The number of carbonyl (C=O) groups excluding carboxylic acids is 1. The van der Waals surface area contributed by atoms with E-state index in [-0.39, 0.29) is 11.6 Å². The van der Waals surface area contributed by atoms with Crippen LogP contribution in [0.15, 0.2) is 59.7 Å². The van der Waals surface area contributed by atoms with Crippen molar-refractivity contribution in [1.29, 1.82) is 0 Å². The lowest BCUT2D eigenvalue weighted by Gasteiger charge is -2.01. The molecule has 1 aromatic heterocycles. The van der Waals surface area contributed by atoms with E-state index < -0.39 is 5.97 Å². The van der Waals surface area contributed by atoms with Gasteiger partial charge >= 0.3 is 5.97 Å². The van der Waals surface area contributed by atoms with Crippen LogP contribution in [-0.4, -0.2) is 23.8 Å². The van der Waals surface area contributed by atoms with Crippen LogP contribution in [0.2, 0.25) is 0 Å². The molecule has 21 heavy (non-hydrogen) atoms. The predicted octanol–water partition coefficient (Wildman–Crippen LogP) is 2.43. The standard InChI is InChI=1S/C16H12N2O3/c1-20-13-6-2-5-12(9-13)15-16(19)21-14(18-15)8-11-4-3-7-17-10-11/h2-10H,1H3/b14-8-. The summed E-state index contributed by atoms with van der Waals surface area (Å²) in [5, 5.41) is 0. The van der Waals surface area contributed by atoms with Crippen LogP contribution in [0.4, 0.5) is 0 Å². The number of carbonyl (C=O) groups is 1. The number of methoxy groups -OCH3 is 1. The van der Waals surface area contributed by atoms with Gasteiger partial charge in [0, 0.05) is 24.0 Å². The Balaban J connectivity index is 1.94. The fourth-order valence-electron chi connectivity index (χ4n) is 1.94. The Bertz CT molecular complexity index is 736. The summed E-state index contributed by atoms with van der Waals surface area (Å²) in [4.78, 5) is 20.2. The highest BCUT2D eigenvalue weighted by molar-refractivity contribution is 6.45. The van der Waals surface area contributed by atoms with Crippen LogP contribution in [0.3, 0.4) is 0 Å². The van der Waals surface area contributed by atoms with Crippen molar-refractivity contribution in [3.8, 4) is 5.75 Å². The molecule has 0 radical (unpaired) electrons. The number of aliphatic imine (C=N–C) groups is 1. The molecule has 3 rings (SSSR count). The van der Waals surface area contributed by atoms with Crippen molar-refractivity contribution in [2.24, 2.45) is 4.99 Å². The maximum absolute atomic E-state index is 11.9. The van der Waals surface area contributed by atoms with Gasteiger partial charge in [0.1, 0.15) is 5.75 Å². The SMILES string of the molecule is COc1cccc(C2=N/C(=C/c3cccnc3)OC2=O)c1. The third kappa shape index (κ3) is 2.81. The van der Waals surface area contributed by atoms with Crippen molar-refractivity contribution in [3.63, 3.8) is 0 Å². The number of hydrogen-bond donors (Lipinski definition) is 0. The van der Waals surface area contributed by atoms with Crippen molar-refractivity contribution >= 4 is 17.8 Å². The molecule has 0 N–H and O–H groups in total. The number of hydrogen-bond acceptors (Lipinski definition) is 5. The summed E-state index contributed by atoms with van der Waals surface area (Å²) >= 11 is 0.